The first-order valence-electron chi connectivity index (χ1n) is 4.90. The van der Waals surface area contributed by atoms with E-state index in [9.17, 15) is 17.6 Å². The summed E-state index contributed by atoms with van der Waals surface area (Å²) in [5, 5.41) is -0.0655. The van der Waals surface area contributed by atoms with Gasteiger partial charge in [0, 0.05) is 5.25 Å². The molecule has 5 heteroatoms. The quantitative estimate of drug-likeness (QED) is 0.554. The number of hydrogen-bond acceptors (Lipinski definition) is 1. The maximum absolute atomic E-state index is 13.3. The van der Waals surface area contributed by atoms with Crippen molar-refractivity contribution in [3.8, 4) is 0 Å². The van der Waals surface area contributed by atoms with Crippen LogP contribution in [0.25, 0.3) is 0 Å². The molecule has 0 radical (unpaired) electrons. The van der Waals surface area contributed by atoms with Crippen LogP contribution in [0.2, 0.25) is 0 Å². The van der Waals surface area contributed by atoms with E-state index < -0.39 is 17.6 Å². The maximum atomic E-state index is 13.3. The molecule has 17 heavy (non-hydrogen) atoms. The first kappa shape index (κ1) is 14.1. The Labute approximate surface area is 102 Å². The first-order valence-corrected chi connectivity index (χ1v) is 6.19. The summed E-state index contributed by atoms with van der Waals surface area (Å²) in [6, 6.07) is 3.06. The highest BCUT2D eigenvalue weighted by atomic mass is 32.2. The van der Waals surface area contributed by atoms with Crippen LogP contribution in [0.15, 0.2) is 30.9 Å². The Morgan fingerprint density at radius 1 is 1.41 bits per heavy atom. The zero-order valence-corrected chi connectivity index (χ0v) is 10.0. The lowest BCUT2D eigenvalue weighted by atomic mass is 10.1. The average Bonchev–Trinajstić information content (AvgIpc) is 2.23. The van der Waals surface area contributed by atoms with Gasteiger partial charge >= 0.3 is 6.18 Å². The largest absolute Gasteiger partial charge is 0.419 e. The van der Waals surface area contributed by atoms with Crippen molar-refractivity contribution < 1.29 is 17.6 Å². The molecule has 0 spiro atoms. The van der Waals surface area contributed by atoms with E-state index in [4.69, 9.17) is 0 Å². The summed E-state index contributed by atoms with van der Waals surface area (Å²) in [5.41, 5.74) is -0.678. The van der Waals surface area contributed by atoms with Gasteiger partial charge in [0.25, 0.3) is 0 Å². The van der Waals surface area contributed by atoms with E-state index in [0.717, 1.165) is 12.1 Å². The summed E-state index contributed by atoms with van der Waals surface area (Å²) in [5.74, 6) is -1.22. The zero-order valence-electron chi connectivity index (χ0n) is 9.22. The van der Waals surface area contributed by atoms with Gasteiger partial charge in [0.05, 0.1) is 5.56 Å². The van der Waals surface area contributed by atoms with Gasteiger partial charge in [0.15, 0.2) is 0 Å². The lowest BCUT2D eigenvalue weighted by Gasteiger charge is -2.15. The summed E-state index contributed by atoms with van der Waals surface area (Å²) in [7, 11) is 0. The number of rotatable bonds is 4. The number of thioether (sulfide) groups is 1. The van der Waals surface area contributed by atoms with E-state index in [-0.39, 0.29) is 5.25 Å². The summed E-state index contributed by atoms with van der Waals surface area (Å²) >= 11 is 1.45. The van der Waals surface area contributed by atoms with E-state index in [0.29, 0.717) is 12.0 Å². The highest BCUT2D eigenvalue weighted by molar-refractivity contribution is 7.98. The molecule has 0 aromatic heterocycles. The van der Waals surface area contributed by atoms with Crippen molar-refractivity contribution in [2.45, 2.75) is 17.8 Å². The van der Waals surface area contributed by atoms with Crippen LogP contribution in [-0.2, 0) is 6.18 Å². The lowest BCUT2D eigenvalue weighted by molar-refractivity contribution is -0.140. The molecule has 0 heterocycles. The lowest BCUT2D eigenvalue weighted by Crippen LogP contribution is -2.08. The van der Waals surface area contributed by atoms with Crippen LogP contribution in [0.4, 0.5) is 17.6 Å². The molecule has 0 nitrogen and oxygen atoms in total. The maximum Gasteiger partial charge on any atom is 0.419 e. The second-order valence-electron chi connectivity index (χ2n) is 3.49. The van der Waals surface area contributed by atoms with Crippen molar-refractivity contribution in [2.75, 3.05) is 6.26 Å². The minimum atomic E-state index is -4.64. The fraction of sp³-hybridized carbons (Fsp3) is 0.333. The van der Waals surface area contributed by atoms with Gasteiger partial charge in [-0.15, -0.1) is 6.58 Å². The van der Waals surface area contributed by atoms with Crippen LogP contribution >= 0.6 is 11.8 Å². The van der Waals surface area contributed by atoms with Gasteiger partial charge < -0.3 is 0 Å². The van der Waals surface area contributed by atoms with E-state index in [1.807, 2.05) is 6.26 Å². The first-order chi connectivity index (χ1) is 7.90. The molecule has 1 rings (SSSR count). The standard InChI is InChI=1S/C12H12F4S/c1-3-4-11(17-2)8-5-6-9(10(13)7-8)12(14,15)16/h3,5-7,11H,1,4H2,2H3. The number of halogens is 4. The third-order valence-electron chi connectivity index (χ3n) is 2.34. The zero-order chi connectivity index (χ0) is 13.1. The van der Waals surface area contributed by atoms with Gasteiger partial charge in [-0.1, -0.05) is 12.1 Å². The van der Waals surface area contributed by atoms with Gasteiger partial charge in [-0.05, 0) is 30.4 Å². The molecule has 1 aromatic carbocycles. The van der Waals surface area contributed by atoms with Crippen LogP contribution in [0.5, 0.6) is 0 Å². The average molecular weight is 264 g/mol. The normalized spacial score (nSPS) is 13.5. The molecule has 0 aliphatic rings. The number of allylic oxidation sites excluding steroid dienone is 1. The van der Waals surface area contributed by atoms with E-state index in [2.05, 4.69) is 6.58 Å². The van der Waals surface area contributed by atoms with Gasteiger partial charge in [0.2, 0.25) is 0 Å². The molecule has 1 atom stereocenters. The molecule has 0 amide bonds. The van der Waals surface area contributed by atoms with Crippen LogP contribution in [0.3, 0.4) is 0 Å². The monoisotopic (exact) mass is 264 g/mol. The van der Waals surface area contributed by atoms with E-state index in [1.54, 1.807) is 6.08 Å². The SMILES string of the molecule is C=CCC(SC)c1ccc(C(F)(F)F)c(F)c1. The predicted molar refractivity (Wildman–Crippen MR) is 62.5 cm³/mol. The Morgan fingerprint density at radius 3 is 2.47 bits per heavy atom. The van der Waals surface area contributed by atoms with Gasteiger partial charge in [0.1, 0.15) is 5.82 Å². The second-order valence-corrected chi connectivity index (χ2v) is 4.53. The third-order valence-corrected chi connectivity index (χ3v) is 3.37. The minimum absolute atomic E-state index is 0.0655. The molecule has 1 unspecified atom stereocenters. The molecule has 0 fully saturated rings. The van der Waals surface area contributed by atoms with Gasteiger partial charge in [-0.2, -0.15) is 24.9 Å². The van der Waals surface area contributed by atoms with Crippen molar-refractivity contribution in [2.24, 2.45) is 0 Å². The molecular formula is C12H12F4S. The summed E-state index contributed by atoms with van der Waals surface area (Å²) in [6.45, 7) is 3.57. The molecule has 0 aliphatic heterocycles. The summed E-state index contributed by atoms with van der Waals surface area (Å²) in [4.78, 5) is 0. The molecule has 0 bridgehead atoms. The molecule has 0 aliphatic carbocycles. The summed E-state index contributed by atoms with van der Waals surface area (Å²) in [6.07, 6.45) is -0.567. The Balaban J connectivity index is 3.07. The predicted octanol–water partition coefficient (Wildman–Crippen LogP) is 4.82. The second kappa shape index (κ2) is 5.58. The molecular weight excluding hydrogens is 252 g/mol. The van der Waals surface area contributed by atoms with Crippen molar-refractivity contribution in [1.82, 2.24) is 0 Å². The Kier molecular flexibility index (Phi) is 4.62. The van der Waals surface area contributed by atoms with Crippen LogP contribution in [0.1, 0.15) is 22.8 Å². The van der Waals surface area contributed by atoms with Crippen molar-refractivity contribution >= 4 is 11.8 Å². The molecule has 0 saturated carbocycles. The van der Waals surface area contributed by atoms with E-state index in [1.165, 1.54) is 17.8 Å². The number of alkyl halides is 3. The highest BCUT2D eigenvalue weighted by Crippen LogP contribution is 2.35. The Morgan fingerprint density at radius 2 is 2.06 bits per heavy atom. The van der Waals surface area contributed by atoms with Crippen LogP contribution < -0.4 is 0 Å². The number of benzene rings is 1. The van der Waals surface area contributed by atoms with Crippen LogP contribution in [-0.4, -0.2) is 6.26 Å². The van der Waals surface area contributed by atoms with Gasteiger partial charge in [-0.25, -0.2) is 4.39 Å². The molecule has 0 saturated heterocycles. The highest BCUT2D eigenvalue weighted by Gasteiger charge is 2.34. The van der Waals surface area contributed by atoms with Gasteiger partial charge in [-0.3, -0.25) is 0 Å². The van der Waals surface area contributed by atoms with E-state index >= 15 is 0 Å². The summed E-state index contributed by atoms with van der Waals surface area (Å²) < 4.78 is 50.4. The molecule has 0 N–H and O–H groups in total. The topological polar surface area (TPSA) is 0 Å². The Hall–Kier alpha value is -0.970. The minimum Gasteiger partial charge on any atom is -0.206 e. The fourth-order valence-electron chi connectivity index (χ4n) is 1.48. The smallest absolute Gasteiger partial charge is 0.206 e. The Bertz CT molecular complexity index is 398. The number of hydrogen-bond donors (Lipinski definition) is 0. The molecule has 94 valence electrons. The fourth-order valence-corrected chi connectivity index (χ4v) is 2.23. The van der Waals surface area contributed by atoms with Crippen LogP contribution in [0, 0.1) is 5.82 Å². The van der Waals surface area contributed by atoms with Crippen molar-refractivity contribution in [3.63, 3.8) is 0 Å². The third kappa shape index (κ3) is 3.49. The van der Waals surface area contributed by atoms with Crippen molar-refractivity contribution in [1.29, 1.82) is 0 Å². The molecule has 1 aromatic rings. The van der Waals surface area contributed by atoms with Crippen molar-refractivity contribution in [3.05, 3.63) is 47.8 Å².